The molecule has 0 amide bonds. The van der Waals surface area contributed by atoms with E-state index in [2.05, 4.69) is 6.58 Å². The minimum Gasteiger partial charge on any atom is -0.290 e. The normalized spacial score (nSPS) is 8.33. The van der Waals surface area contributed by atoms with Gasteiger partial charge in [0.1, 0.15) is 0 Å². The van der Waals surface area contributed by atoms with Gasteiger partial charge in [0.05, 0.1) is 0 Å². The van der Waals surface area contributed by atoms with E-state index in [4.69, 9.17) is 0 Å². The fraction of sp³-hybridized carbons (Fsp3) is 0.375. The van der Waals surface area contributed by atoms with Crippen molar-refractivity contribution in [1.82, 2.24) is 0 Å². The first-order chi connectivity index (χ1) is 4.09. The van der Waals surface area contributed by atoms with Gasteiger partial charge in [-0.1, -0.05) is 12.2 Å². The van der Waals surface area contributed by atoms with E-state index in [1.165, 1.54) is 6.08 Å². The molecule has 0 aromatic rings. The molecule has 50 valence electrons. The number of hydrogen-bond donors (Lipinski definition) is 0. The maximum atomic E-state index is 10.8. The van der Waals surface area contributed by atoms with Gasteiger partial charge in [-0.15, -0.1) is 0 Å². The molecule has 0 aromatic heterocycles. The maximum absolute atomic E-state index is 10.8. The summed E-state index contributed by atoms with van der Waals surface area (Å²) in [6.45, 7) is 9.01. The summed E-state index contributed by atoms with van der Waals surface area (Å²) >= 11 is 0. The summed E-state index contributed by atoms with van der Waals surface area (Å²) in [5.41, 5.74) is 1.85. The zero-order valence-electron chi connectivity index (χ0n) is 6.19. The topological polar surface area (TPSA) is 17.1 Å². The van der Waals surface area contributed by atoms with Crippen LogP contribution in [0.4, 0.5) is 0 Å². The van der Waals surface area contributed by atoms with Crippen LogP contribution in [0.25, 0.3) is 0 Å². The fourth-order valence-corrected chi connectivity index (χ4v) is 0.399. The standard InChI is InChI=1S/C8H12O/c1-5-8(9)7(4)6(2)3/h5H,1H2,2-4H3. The molecule has 0 fully saturated rings. The van der Waals surface area contributed by atoms with Crippen molar-refractivity contribution in [2.45, 2.75) is 20.8 Å². The van der Waals surface area contributed by atoms with Gasteiger partial charge in [-0.3, -0.25) is 4.79 Å². The van der Waals surface area contributed by atoms with Crippen LogP contribution in [0.5, 0.6) is 0 Å². The summed E-state index contributed by atoms with van der Waals surface area (Å²) < 4.78 is 0. The van der Waals surface area contributed by atoms with E-state index in [1.54, 1.807) is 6.92 Å². The quantitative estimate of drug-likeness (QED) is 0.515. The third-order valence-electron chi connectivity index (χ3n) is 1.30. The van der Waals surface area contributed by atoms with Crippen LogP contribution < -0.4 is 0 Å². The molecular weight excluding hydrogens is 112 g/mol. The van der Waals surface area contributed by atoms with Gasteiger partial charge in [-0.2, -0.15) is 0 Å². The minimum absolute atomic E-state index is 0.0231. The molecule has 0 saturated heterocycles. The van der Waals surface area contributed by atoms with Crippen molar-refractivity contribution in [3.05, 3.63) is 23.8 Å². The van der Waals surface area contributed by atoms with Gasteiger partial charge in [0, 0.05) is 0 Å². The highest BCUT2D eigenvalue weighted by molar-refractivity contribution is 6.03. The number of rotatable bonds is 2. The summed E-state index contributed by atoms with van der Waals surface area (Å²) in [5.74, 6) is 0.0231. The van der Waals surface area contributed by atoms with E-state index in [0.717, 1.165) is 11.1 Å². The Balaban J connectivity index is 4.39. The van der Waals surface area contributed by atoms with Gasteiger partial charge in [-0.05, 0) is 32.4 Å². The highest BCUT2D eigenvalue weighted by Gasteiger charge is 1.98. The Bertz CT molecular complexity index is 159. The third-order valence-corrected chi connectivity index (χ3v) is 1.30. The molecule has 0 unspecified atom stereocenters. The van der Waals surface area contributed by atoms with Crippen molar-refractivity contribution in [3.63, 3.8) is 0 Å². The van der Waals surface area contributed by atoms with Crippen LogP contribution in [-0.4, -0.2) is 5.78 Å². The smallest absolute Gasteiger partial charge is 0.180 e. The van der Waals surface area contributed by atoms with E-state index < -0.39 is 0 Å². The third kappa shape index (κ3) is 2.27. The molecule has 0 aliphatic rings. The number of carbonyl (C=O) groups is 1. The SMILES string of the molecule is C=CC(=O)C(C)=C(C)C. The molecule has 0 aromatic carbocycles. The first-order valence-corrected chi connectivity index (χ1v) is 2.90. The Hall–Kier alpha value is -0.850. The molecule has 0 rings (SSSR count). The lowest BCUT2D eigenvalue weighted by Crippen LogP contribution is -1.94. The molecule has 0 spiro atoms. The van der Waals surface area contributed by atoms with Crippen molar-refractivity contribution < 1.29 is 4.79 Å². The molecule has 0 atom stereocenters. The lowest BCUT2D eigenvalue weighted by atomic mass is 10.1. The highest BCUT2D eigenvalue weighted by Crippen LogP contribution is 2.02. The molecule has 0 aliphatic carbocycles. The molecule has 0 bridgehead atoms. The van der Waals surface area contributed by atoms with E-state index in [9.17, 15) is 4.79 Å². The Morgan fingerprint density at radius 3 is 1.89 bits per heavy atom. The largest absolute Gasteiger partial charge is 0.290 e. The number of allylic oxidation sites excluding steroid dienone is 3. The Morgan fingerprint density at radius 1 is 1.33 bits per heavy atom. The lowest BCUT2D eigenvalue weighted by Gasteiger charge is -1.95. The van der Waals surface area contributed by atoms with Gasteiger partial charge in [-0.25, -0.2) is 0 Å². The van der Waals surface area contributed by atoms with Crippen LogP contribution in [0.3, 0.4) is 0 Å². The van der Waals surface area contributed by atoms with Crippen molar-refractivity contribution in [2.75, 3.05) is 0 Å². The van der Waals surface area contributed by atoms with E-state index in [0.29, 0.717) is 0 Å². The van der Waals surface area contributed by atoms with Crippen LogP contribution in [-0.2, 0) is 4.79 Å². The molecule has 0 radical (unpaired) electrons. The molecule has 1 heteroatoms. The average molecular weight is 124 g/mol. The maximum Gasteiger partial charge on any atom is 0.180 e. The Labute approximate surface area is 56.1 Å². The van der Waals surface area contributed by atoms with Crippen molar-refractivity contribution in [1.29, 1.82) is 0 Å². The Morgan fingerprint density at radius 2 is 1.78 bits per heavy atom. The predicted molar refractivity (Wildman–Crippen MR) is 39.3 cm³/mol. The van der Waals surface area contributed by atoms with Gasteiger partial charge in [0.25, 0.3) is 0 Å². The highest BCUT2D eigenvalue weighted by atomic mass is 16.1. The van der Waals surface area contributed by atoms with Gasteiger partial charge in [0.2, 0.25) is 0 Å². The zero-order chi connectivity index (χ0) is 7.44. The van der Waals surface area contributed by atoms with E-state index in [-0.39, 0.29) is 5.78 Å². The summed E-state index contributed by atoms with van der Waals surface area (Å²) in [4.78, 5) is 10.8. The molecule has 0 aliphatic heterocycles. The van der Waals surface area contributed by atoms with Crippen LogP contribution in [0.2, 0.25) is 0 Å². The summed E-state index contributed by atoms with van der Waals surface area (Å²) in [7, 11) is 0. The van der Waals surface area contributed by atoms with Gasteiger partial charge >= 0.3 is 0 Å². The van der Waals surface area contributed by atoms with Crippen LogP contribution in [0, 0.1) is 0 Å². The fourth-order valence-electron chi connectivity index (χ4n) is 0.399. The average Bonchev–Trinajstić information content (AvgIpc) is 1.84. The van der Waals surface area contributed by atoms with Crippen molar-refractivity contribution >= 4 is 5.78 Å². The molecule has 0 N–H and O–H groups in total. The van der Waals surface area contributed by atoms with Gasteiger partial charge in [0.15, 0.2) is 5.78 Å². The molecule has 9 heavy (non-hydrogen) atoms. The molecule has 0 saturated carbocycles. The summed E-state index contributed by atoms with van der Waals surface area (Å²) in [6.07, 6.45) is 1.34. The van der Waals surface area contributed by atoms with Crippen molar-refractivity contribution in [2.24, 2.45) is 0 Å². The van der Waals surface area contributed by atoms with Crippen LogP contribution >= 0.6 is 0 Å². The summed E-state index contributed by atoms with van der Waals surface area (Å²) in [6, 6.07) is 0. The molecular formula is C8H12O. The second-order valence-corrected chi connectivity index (χ2v) is 2.19. The van der Waals surface area contributed by atoms with Crippen LogP contribution in [0.15, 0.2) is 23.8 Å². The Kier molecular flexibility index (Phi) is 2.93. The first-order valence-electron chi connectivity index (χ1n) is 2.90. The second-order valence-electron chi connectivity index (χ2n) is 2.19. The number of carbonyl (C=O) groups excluding carboxylic acids is 1. The number of hydrogen-bond acceptors (Lipinski definition) is 1. The van der Waals surface area contributed by atoms with Crippen molar-refractivity contribution in [3.8, 4) is 0 Å². The monoisotopic (exact) mass is 124 g/mol. The minimum atomic E-state index is 0.0231. The molecule has 0 heterocycles. The molecule has 1 nitrogen and oxygen atoms in total. The summed E-state index contributed by atoms with van der Waals surface area (Å²) in [5, 5.41) is 0. The zero-order valence-corrected chi connectivity index (χ0v) is 6.19. The lowest BCUT2D eigenvalue weighted by molar-refractivity contribution is -0.111. The first kappa shape index (κ1) is 8.15. The predicted octanol–water partition coefficient (Wildman–Crippen LogP) is 2.10. The van der Waals surface area contributed by atoms with E-state index in [1.807, 2.05) is 13.8 Å². The second kappa shape index (κ2) is 3.23. The van der Waals surface area contributed by atoms with E-state index >= 15 is 0 Å². The van der Waals surface area contributed by atoms with Gasteiger partial charge < -0.3 is 0 Å². The number of ketones is 1. The van der Waals surface area contributed by atoms with Crippen LogP contribution in [0.1, 0.15) is 20.8 Å².